The van der Waals surface area contributed by atoms with Crippen LogP contribution in [-0.4, -0.2) is 12.3 Å². The Labute approximate surface area is 79.9 Å². The molecule has 1 aliphatic heterocycles. The maximum Gasteiger partial charge on any atom is 0.248 e. The summed E-state index contributed by atoms with van der Waals surface area (Å²) in [5.41, 5.74) is 5.70. The van der Waals surface area contributed by atoms with Gasteiger partial charge in [0.25, 0.3) is 0 Å². The number of hydrogen-bond acceptors (Lipinski definition) is 3. The molecule has 1 rings (SSSR count). The molecule has 0 aromatic rings. The van der Waals surface area contributed by atoms with Crippen molar-refractivity contribution in [2.45, 2.75) is 39.9 Å². The van der Waals surface area contributed by atoms with Crippen LogP contribution >= 0.6 is 0 Å². The standard InChI is InChI=1S/C10H19NO2/c1-8-5-12-10(4,13-8)6-9(2,3)7-11/h5H,6-7,11H2,1-4H3. The molecule has 1 unspecified atom stereocenters. The van der Waals surface area contributed by atoms with E-state index in [-0.39, 0.29) is 5.41 Å². The molecule has 3 heteroatoms. The molecule has 0 spiro atoms. The minimum Gasteiger partial charge on any atom is -0.457 e. The molecule has 76 valence electrons. The highest BCUT2D eigenvalue weighted by molar-refractivity contribution is 4.94. The average molecular weight is 185 g/mol. The first-order chi connectivity index (χ1) is 5.87. The van der Waals surface area contributed by atoms with Crippen molar-refractivity contribution >= 4 is 0 Å². The van der Waals surface area contributed by atoms with Gasteiger partial charge in [0.2, 0.25) is 5.79 Å². The summed E-state index contributed by atoms with van der Waals surface area (Å²) in [5.74, 6) is 0.308. The van der Waals surface area contributed by atoms with Crippen LogP contribution in [0.1, 0.15) is 34.1 Å². The number of hydrogen-bond donors (Lipinski definition) is 1. The molecule has 0 fully saturated rings. The van der Waals surface area contributed by atoms with Crippen LogP contribution in [0.4, 0.5) is 0 Å². The molecule has 0 aliphatic carbocycles. The number of nitrogens with two attached hydrogens (primary N) is 1. The topological polar surface area (TPSA) is 44.5 Å². The van der Waals surface area contributed by atoms with Crippen molar-refractivity contribution in [1.29, 1.82) is 0 Å². The van der Waals surface area contributed by atoms with E-state index in [1.807, 2.05) is 13.8 Å². The lowest BCUT2D eigenvalue weighted by Gasteiger charge is -2.32. The van der Waals surface area contributed by atoms with Crippen molar-refractivity contribution in [3.8, 4) is 0 Å². The van der Waals surface area contributed by atoms with Crippen LogP contribution in [0.2, 0.25) is 0 Å². The van der Waals surface area contributed by atoms with Crippen LogP contribution < -0.4 is 5.73 Å². The third-order valence-corrected chi connectivity index (χ3v) is 2.20. The Morgan fingerprint density at radius 1 is 1.54 bits per heavy atom. The highest BCUT2D eigenvalue weighted by Gasteiger charge is 2.37. The molecule has 0 bridgehead atoms. The monoisotopic (exact) mass is 185 g/mol. The molecule has 13 heavy (non-hydrogen) atoms. The van der Waals surface area contributed by atoms with Crippen molar-refractivity contribution in [2.75, 3.05) is 6.54 Å². The lowest BCUT2D eigenvalue weighted by Crippen LogP contribution is -2.36. The zero-order chi connectivity index (χ0) is 10.1. The van der Waals surface area contributed by atoms with Crippen molar-refractivity contribution in [3.63, 3.8) is 0 Å². The summed E-state index contributed by atoms with van der Waals surface area (Å²) in [6.07, 6.45) is 2.46. The van der Waals surface area contributed by atoms with Gasteiger partial charge in [-0.15, -0.1) is 0 Å². The lowest BCUT2D eigenvalue weighted by atomic mass is 9.86. The molecule has 3 nitrogen and oxygen atoms in total. The second kappa shape index (κ2) is 3.22. The van der Waals surface area contributed by atoms with E-state index in [2.05, 4.69) is 13.8 Å². The highest BCUT2D eigenvalue weighted by Crippen LogP contribution is 2.35. The molecular formula is C10H19NO2. The van der Waals surface area contributed by atoms with E-state index in [1.165, 1.54) is 0 Å². The molecule has 0 saturated heterocycles. The summed E-state index contributed by atoms with van der Waals surface area (Å²) >= 11 is 0. The van der Waals surface area contributed by atoms with Crippen molar-refractivity contribution in [1.82, 2.24) is 0 Å². The van der Waals surface area contributed by atoms with E-state index in [1.54, 1.807) is 6.26 Å². The summed E-state index contributed by atoms with van der Waals surface area (Å²) in [6, 6.07) is 0. The van der Waals surface area contributed by atoms with Crippen molar-refractivity contribution in [3.05, 3.63) is 12.0 Å². The van der Waals surface area contributed by atoms with Gasteiger partial charge in [-0.1, -0.05) is 13.8 Å². The van der Waals surface area contributed by atoms with E-state index < -0.39 is 5.79 Å². The SMILES string of the molecule is CC1=COC(C)(CC(C)(C)CN)O1. The van der Waals surface area contributed by atoms with E-state index >= 15 is 0 Å². The molecule has 0 saturated carbocycles. The van der Waals surface area contributed by atoms with Gasteiger partial charge in [-0.25, -0.2) is 0 Å². The van der Waals surface area contributed by atoms with Gasteiger partial charge in [0.05, 0.1) is 0 Å². The van der Waals surface area contributed by atoms with Gasteiger partial charge < -0.3 is 15.2 Å². The van der Waals surface area contributed by atoms with Crippen LogP contribution in [0.5, 0.6) is 0 Å². The average Bonchev–Trinajstić information content (AvgIpc) is 2.30. The van der Waals surface area contributed by atoms with Crippen molar-refractivity contribution < 1.29 is 9.47 Å². The fourth-order valence-electron chi connectivity index (χ4n) is 1.62. The number of ether oxygens (including phenoxy) is 2. The molecule has 1 heterocycles. The van der Waals surface area contributed by atoms with Gasteiger partial charge in [-0.3, -0.25) is 0 Å². The third kappa shape index (κ3) is 2.62. The highest BCUT2D eigenvalue weighted by atomic mass is 16.7. The predicted molar refractivity (Wildman–Crippen MR) is 51.8 cm³/mol. The van der Waals surface area contributed by atoms with Gasteiger partial charge in [0, 0.05) is 13.3 Å². The first-order valence-corrected chi connectivity index (χ1v) is 4.61. The van der Waals surface area contributed by atoms with Gasteiger partial charge >= 0.3 is 0 Å². The fourth-order valence-corrected chi connectivity index (χ4v) is 1.62. The summed E-state index contributed by atoms with van der Waals surface area (Å²) in [4.78, 5) is 0. The smallest absolute Gasteiger partial charge is 0.248 e. The summed E-state index contributed by atoms with van der Waals surface area (Å²) in [7, 11) is 0. The Morgan fingerprint density at radius 3 is 2.54 bits per heavy atom. The van der Waals surface area contributed by atoms with Crippen LogP contribution in [0.15, 0.2) is 12.0 Å². The van der Waals surface area contributed by atoms with E-state index in [4.69, 9.17) is 15.2 Å². The van der Waals surface area contributed by atoms with Gasteiger partial charge in [-0.2, -0.15) is 0 Å². The molecule has 0 amide bonds. The Balaban J connectivity index is 2.55. The van der Waals surface area contributed by atoms with E-state index in [0.717, 1.165) is 12.2 Å². The van der Waals surface area contributed by atoms with E-state index in [0.29, 0.717) is 6.54 Å². The Morgan fingerprint density at radius 2 is 2.15 bits per heavy atom. The van der Waals surface area contributed by atoms with E-state index in [9.17, 15) is 0 Å². The van der Waals surface area contributed by atoms with Crippen LogP contribution in [0, 0.1) is 5.41 Å². The minimum absolute atomic E-state index is 0.0488. The van der Waals surface area contributed by atoms with Crippen molar-refractivity contribution in [2.24, 2.45) is 11.1 Å². The zero-order valence-electron chi connectivity index (χ0n) is 8.89. The minimum atomic E-state index is -0.521. The van der Waals surface area contributed by atoms with Gasteiger partial charge in [0.1, 0.15) is 12.0 Å². The molecular weight excluding hydrogens is 166 g/mol. The molecule has 1 aliphatic rings. The maximum atomic E-state index is 5.65. The fraction of sp³-hybridized carbons (Fsp3) is 0.800. The molecule has 1 atom stereocenters. The van der Waals surface area contributed by atoms with Crippen LogP contribution in [0.3, 0.4) is 0 Å². The van der Waals surface area contributed by atoms with Crippen LogP contribution in [0.25, 0.3) is 0 Å². The zero-order valence-corrected chi connectivity index (χ0v) is 8.89. The second-order valence-electron chi connectivity index (χ2n) is 4.63. The molecule has 0 radical (unpaired) electrons. The number of allylic oxidation sites excluding steroid dienone is 1. The van der Waals surface area contributed by atoms with Crippen LogP contribution in [-0.2, 0) is 9.47 Å². The Hall–Kier alpha value is -0.700. The quantitative estimate of drug-likeness (QED) is 0.731. The van der Waals surface area contributed by atoms with Gasteiger partial charge in [0.15, 0.2) is 0 Å². The Kier molecular flexibility index (Phi) is 2.57. The predicted octanol–water partition coefficient (Wildman–Crippen LogP) is 1.99. The first kappa shape index (κ1) is 10.4. The third-order valence-electron chi connectivity index (χ3n) is 2.20. The molecule has 0 aromatic carbocycles. The largest absolute Gasteiger partial charge is 0.457 e. The summed E-state index contributed by atoms with van der Waals surface area (Å²) < 4.78 is 11.0. The normalized spacial score (nSPS) is 27.9. The number of rotatable bonds is 3. The second-order valence-corrected chi connectivity index (χ2v) is 4.63. The summed E-state index contributed by atoms with van der Waals surface area (Å²) in [6.45, 7) is 8.68. The Bertz CT molecular complexity index is 223. The molecule has 0 aromatic heterocycles. The first-order valence-electron chi connectivity index (χ1n) is 4.61. The maximum absolute atomic E-state index is 5.65. The molecule has 2 N–H and O–H groups in total. The lowest BCUT2D eigenvalue weighted by molar-refractivity contribution is -0.153. The summed E-state index contributed by atoms with van der Waals surface area (Å²) in [5, 5.41) is 0. The van der Waals surface area contributed by atoms with Gasteiger partial charge in [-0.05, 0) is 18.9 Å².